The first-order valence-electron chi connectivity index (χ1n) is 7.38. The molecule has 0 bridgehead atoms. The molecule has 0 aromatic rings. The van der Waals surface area contributed by atoms with Crippen LogP contribution >= 0.6 is 0 Å². The van der Waals surface area contributed by atoms with Gasteiger partial charge >= 0.3 is 0 Å². The first-order valence-corrected chi connectivity index (χ1v) is 7.38. The summed E-state index contributed by atoms with van der Waals surface area (Å²) in [5.74, 6) is 0. The van der Waals surface area contributed by atoms with Gasteiger partial charge < -0.3 is 0 Å². The van der Waals surface area contributed by atoms with Crippen LogP contribution in [0.25, 0.3) is 0 Å². The zero-order valence-electron chi connectivity index (χ0n) is 11.8. The molecule has 98 valence electrons. The molecular weight excluding hydrogens is 204 g/mol. The quantitative estimate of drug-likeness (QED) is 0.227. The molecule has 0 aromatic heterocycles. The smallest absolute Gasteiger partial charge is 0.0348 e. The SMILES string of the molecule is CCC=CCCCCCC=CC=CCCCC. The third-order valence-corrected chi connectivity index (χ3v) is 2.75. The van der Waals surface area contributed by atoms with Crippen LogP contribution < -0.4 is 0 Å². The molecule has 0 rings (SSSR count). The van der Waals surface area contributed by atoms with Gasteiger partial charge in [0.25, 0.3) is 0 Å². The van der Waals surface area contributed by atoms with E-state index in [9.17, 15) is 0 Å². The Morgan fingerprint density at radius 3 is 1.76 bits per heavy atom. The van der Waals surface area contributed by atoms with Crippen molar-refractivity contribution < 1.29 is 0 Å². The highest BCUT2D eigenvalue weighted by Gasteiger charge is 1.85. The van der Waals surface area contributed by atoms with Gasteiger partial charge in [-0.05, 0) is 38.5 Å². The highest BCUT2D eigenvalue weighted by molar-refractivity contribution is 5.02. The zero-order chi connectivity index (χ0) is 12.6. The Kier molecular flexibility index (Phi) is 14.5. The van der Waals surface area contributed by atoms with Gasteiger partial charge in [-0.15, -0.1) is 0 Å². The highest BCUT2D eigenvalue weighted by atomic mass is 13.9. The highest BCUT2D eigenvalue weighted by Crippen LogP contribution is 2.04. The summed E-state index contributed by atoms with van der Waals surface area (Å²) in [6.07, 6.45) is 25.1. The summed E-state index contributed by atoms with van der Waals surface area (Å²) >= 11 is 0. The lowest BCUT2D eigenvalue weighted by Crippen LogP contribution is -1.74. The number of unbranched alkanes of at least 4 members (excludes halogenated alkanes) is 6. The van der Waals surface area contributed by atoms with Crippen molar-refractivity contribution in [3.05, 3.63) is 36.5 Å². The zero-order valence-corrected chi connectivity index (χ0v) is 11.8. The van der Waals surface area contributed by atoms with Gasteiger partial charge in [0.15, 0.2) is 0 Å². The normalized spacial score (nSPS) is 12.4. The van der Waals surface area contributed by atoms with Crippen molar-refractivity contribution in [2.45, 2.75) is 71.6 Å². The van der Waals surface area contributed by atoms with Crippen molar-refractivity contribution in [2.24, 2.45) is 0 Å². The molecule has 0 aromatic carbocycles. The molecule has 0 atom stereocenters. The Labute approximate surface area is 109 Å². The Balaban J connectivity index is 3.19. The molecule has 17 heavy (non-hydrogen) atoms. The predicted octanol–water partition coefficient (Wildman–Crippen LogP) is 6.21. The average Bonchev–Trinajstić information content (AvgIpc) is 2.35. The van der Waals surface area contributed by atoms with Crippen LogP contribution in [-0.4, -0.2) is 0 Å². The Bertz CT molecular complexity index is 208. The van der Waals surface area contributed by atoms with E-state index < -0.39 is 0 Å². The largest absolute Gasteiger partial charge is 0.0888 e. The van der Waals surface area contributed by atoms with Crippen LogP contribution in [0.1, 0.15) is 71.6 Å². The molecule has 0 saturated carbocycles. The molecule has 0 spiro atoms. The van der Waals surface area contributed by atoms with E-state index >= 15 is 0 Å². The van der Waals surface area contributed by atoms with Gasteiger partial charge in [0.2, 0.25) is 0 Å². The molecule has 0 heterocycles. The standard InChI is InChI=1S/C17H30/c1-3-5-7-9-11-13-15-17-16-14-12-10-8-6-4-2/h5,7,10,12,14,16H,3-4,6,8-9,11,13,15,17H2,1-2H3. The van der Waals surface area contributed by atoms with E-state index in [1.54, 1.807) is 0 Å². The van der Waals surface area contributed by atoms with Crippen molar-refractivity contribution in [1.82, 2.24) is 0 Å². The fraction of sp³-hybridized carbons (Fsp3) is 0.647. The molecule has 0 heteroatoms. The second-order valence-electron chi connectivity index (χ2n) is 4.52. The summed E-state index contributed by atoms with van der Waals surface area (Å²) < 4.78 is 0. The van der Waals surface area contributed by atoms with Gasteiger partial charge in [0, 0.05) is 0 Å². The van der Waals surface area contributed by atoms with E-state index in [-0.39, 0.29) is 0 Å². The molecule has 0 aliphatic rings. The van der Waals surface area contributed by atoms with Crippen molar-refractivity contribution in [3.8, 4) is 0 Å². The van der Waals surface area contributed by atoms with Gasteiger partial charge in [-0.3, -0.25) is 0 Å². The molecule has 0 saturated heterocycles. The number of allylic oxidation sites excluding steroid dienone is 6. The Hall–Kier alpha value is -0.780. The average molecular weight is 234 g/mol. The minimum Gasteiger partial charge on any atom is -0.0888 e. The van der Waals surface area contributed by atoms with Gasteiger partial charge in [-0.2, -0.15) is 0 Å². The van der Waals surface area contributed by atoms with Gasteiger partial charge in [-0.1, -0.05) is 69.6 Å². The van der Waals surface area contributed by atoms with Crippen LogP contribution in [0.5, 0.6) is 0 Å². The van der Waals surface area contributed by atoms with Crippen LogP contribution in [0.15, 0.2) is 36.5 Å². The molecule has 0 fully saturated rings. The third kappa shape index (κ3) is 15.2. The maximum atomic E-state index is 2.31. The second kappa shape index (κ2) is 15.2. The van der Waals surface area contributed by atoms with Crippen LogP contribution in [0.4, 0.5) is 0 Å². The summed E-state index contributed by atoms with van der Waals surface area (Å²) in [5, 5.41) is 0. The van der Waals surface area contributed by atoms with Crippen LogP contribution in [0.2, 0.25) is 0 Å². The lowest BCUT2D eigenvalue weighted by Gasteiger charge is -1.94. The van der Waals surface area contributed by atoms with E-state index in [1.807, 2.05) is 0 Å². The van der Waals surface area contributed by atoms with Crippen molar-refractivity contribution >= 4 is 0 Å². The summed E-state index contributed by atoms with van der Waals surface area (Å²) in [7, 11) is 0. The number of hydrogen-bond acceptors (Lipinski definition) is 0. The fourth-order valence-corrected chi connectivity index (χ4v) is 1.66. The fourth-order valence-electron chi connectivity index (χ4n) is 1.66. The minimum atomic E-state index is 1.17. The molecular formula is C17H30. The maximum Gasteiger partial charge on any atom is -0.0348 e. The Morgan fingerprint density at radius 1 is 0.588 bits per heavy atom. The van der Waals surface area contributed by atoms with Gasteiger partial charge in [0.1, 0.15) is 0 Å². The van der Waals surface area contributed by atoms with Crippen molar-refractivity contribution in [1.29, 1.82) is 0 Å². The molecule has 0 aliphatic carbocycles. The van der Waals surface area contributed by atoms with E-state index in [1.165, 1.54) is 57.8 Å². The third-order valence-electron chi connectivity index (χ3n) is 2.75. The molecule has 0 radical (unpaired) electrons. The summed E-state index contributed by atoms with van der Waals surface area (Å²) in [6.45, 7) is 4.43. The molecule has 0 nitrogen and oxygen atoms in total. The lowest BCUT2D eigenvalue weighted by molar-refractivity contribution is 0.695. The van der Waals surface area contributed by atoms with E-state index in [0.717, 1.165) is 0 Å². The van der Waals surface area contributed by atoms with Crippen molar-refractivity contribution in [2.75, 3.05) is 0 Å². The van der Waals surface area contributed by atoms with Crippen molar-refractivity contribution in [3.63, 3.8) is 0 Å². The van der Waals surface area contributed by atoms with Crippen LogP contribution in [0, 0.1) is 0 Å². The number of rotatable bonds is 11. The second-order valence-corrected chi connectivity index (χ2v) is 4.52. The summed E-state index contributed by atoms with van der Waals surface area (Å²) in [4.78, 5) is 0. The van der Waals surface area contributed by atoms with Gasteiger partial charge in [-0.25, -0.2) is 0 Å². The first kappa shape index (κ1) is 16.2. The topological polar surface area (TPSA) is 0 Å². The van der Waals surface area contributed by atoms with E-state index in [4.69, 9.17) is 0 Å². The predicted molar refractivity (Wildman–Crippen MR) is 80.3 cm³/mol. The molecule has 0 unspecified atom stereocenters. The molecule has 0 N–H and O–H groups in total. The summed E-state index contributed by atoms with van der Waals surface area (Å²) in [6, 6.07) is 0. The van der Waals surface area contributed by atoms with E-state index in [2.05, 4.69) is 50.3 Å². The van der Waals surface area contributed by atoms with Crippen LogP contribution in [0.3, 0.4) is 0 Å². The lowest BCUT2D eigenvalue weighted by atomic mass is 10.1. The first-order chi connectivity index (χ1) is 8.41. The number of hydrogen-bond donors (Lipinski definition) is 0. The molecule has 0 aliphatic heterocycles. The minimum absolute atomic E-state index is 1.17. The van der Waals surface area contributed by atoms with Crippen LogP contribution in [-0.2, 0) is 0 Å². The monoisotopic (exact) mass is 234 g/mol. The summed E-state index contributed by atoms with van der Waals surface area (Å²) in [5.41, 5.74) is 0. The Morgan fingerprint density at radius 2 is 1.18 bits per heavy atom. The van der Waals surface area contributed by atoms with E-state index in [0.29, 0.717) is 0 Å². The van der Waals surface area contributed by atoms with Gasteiger partial charge in [0.05, 0.1) is 0 Å². The maximum absolute atomic E-state index is 2.31. The molecule has 0 amide bonds.